The Morgan fingerprint density at radius 1 is 1.35 bits per heavy atom. The molecule has 5 nitrogen and oxygen atoms in total. The number of hydrogen-bond donors (Lipinski definition) is 1. The Morgan fingerprint density at radius 2 is 2.04 bits per heavy atom. The van der Waals surface area contributed by atoms with Crippen LogP contribution in [-0.4, -0.2) is 26.1 Å². The molecule has 0 saturated heterocycles. The van der Waals surface area contributed by atoms with E-state index in [4.69, 9.17) is 0 Å². The fourth-order valence-electron chi connectivity index (χ4n) is 2.37. The fourth-order valence-corrected chi connectivity index (χ4v) is 2.37. The van der Waals surface area contributed by atoms with Gasteiger partial charge >= 0.3 is 6.55 Å². The quantitative estimate of drug-likeness (QED) is 0.918. The van der Waals surface area contributed by atoms with Crippen molar-refractivity contribution in [3.63, 3.8) is 0 Å². The molecule has 0 aliphatic heterocycles. The lowest BCUT2D eigenvalue weighted by molar-refractivity contribution is 0.0604. The van der Waals surface area contributed by atoms with E-state index in [0.29, 0.717) is 12.2 Å². The molecular formula is C16H22F2N4O. The second kappa shape index (κ2) is 6.52. The van der Waals surface area contributed by atoms with E-state index in [2.05, 4.69) is 10.3 Å². The van der Waals surface area contributed by atoms with E-state index in [0.717, 1.165) is 4.57 Å². The predicted octanol–water partition coefficient (Wildman–Crippen LogP) is 3.23. The summed E-state index contributed by atoms with van der Waals surface area (Å²) in [6.07, 6.45) is 5.13. The number of hydrogen-bond acceptors (Lipinski definition) is 2. The van der Waals surface area contributed by atoms with E-state index in [1.54, 1.807) is 25.6 Å². The standard InChI is InChI=1S/C16H22F2N4O/c1-11-5-6-12(22(11)15(17)18)14(23)20-13(16(2,3)4)9-21-8-7-19-10-21/h5-8,10,13,15H,9H2,1-4H3,(H,20,23). The van der Waals surface area contributed by atoms with Gasteiger partial charge in [-0.2, -0.15) is 8.78 Å². The molecule has 0 aliphatic rings. The summed E-state index contributed by atoms with van der Waals surface area (Å²) in [6, 6.07) is 2.71. The highest BCUT2D eigenvalue weighted by Gasteiger charge is 2.28. The Bertz CT molecular complexity index is 656. The highest BCUT2D eigenvalue weighted by atomic mass is 19.3. The minimum Gasteiger partial charge on any atom is -0.346 e. The smallest absolute Gasteiger partial charge is 0.319 e. The van der Waals surface area contributed by atoms with Crippen molar-refractivity contribution < 1.29 is 13.6 Å². The third-order valence-electron chi connectivity index (χ3n) is 3.85. The predicted molar refractivity (Wildman–Crippen MR) is 83.4 cm³/mol. The molecule has 0 saturated carbocycles. The van der Waals surface area contributed by atoms with Crippen LogP contribution in [0.15, 0.2) is 30.9 Å². The van der Waals surface area contributed by atoms with Gasteiger partial charge in [0.25, 0.3) is 5.91 Å². The molecule has 1 unspecified atom stereocenters. The first kappa shape index (κ1) is 17.2. The van der Waals surface area contributed by atoms with Gasteiger partial charge in [-0.15, -0.1) is 0 Å². The number of alkyl halides is 2. The van der Waals surface area contributed by atoms with E-state index in [1.807, 2.05) is 25.3 Å². The van der Waals surface area contributed by atoms with E-state index in [1.165, 1.54) is 12.1 Å². The first-order valence-corrected chi connectivity index (χ1v) is 7.42. The summed E-state index contributed by atoms with van der Waals surface area (Å²) in [5, 5.41) is 2.88. The first-order valence-electron chi connectivity index (χ1n) is 7.42. The monoisotopic (exact) mass is 324 g/mol. The minimum atomic E-state index is -2.74. The first-order chi connectivity index (χ1) is 10.7. The maximum absolute atomic E-state index is 13.1. The molecule has 0 radical (unpaired) electrons. The summed E-state index contributed by atoms with van der Waals surface area (Å²) in [4.78, 5) is 16.5. The molecule has 1 atom stereocenters. The summed E-state index contributed by atoms with van der Waals surface area (Å²) in [5.74, 6) is -0.501. The van der Waals surface area contributed by atoms with E-state index < -0.39 is 12.5 Å². The third kappa shape index (κ3) is 3.97. The van der Waals surface area contributed by atoms with Crippen molar-refractivity contribution in [1.29, 1.82) is 0 Å². The van der Waals surface area contributed by atoms with Crippen LogP contribution >= 0.6 is 0 Å². The van der Waals surface area contributed by atoms with Crippen molar-refractivity contribution in [2.75, 3.05) is 0 Å². The number of aryl methyl sites for hydroxylation is 1. The Balaban J connectivity index is 2.21. The summed E-state index contributed by atoms with van der Waals surface area (Å²) in [5.41, 5.74) is 0.0847. The Kier molecular flexibility index (Phi) is 4.87. The largest absolute Gasteiger partial charge is 0.346 e. The van der Waals surface area contributed by atoms with Crippen LogP contribution in [0, 0.1) is 12.3 Å². The van der Waals surface area contributed by atoms with Crippen LogP contribution in [0.5, 0.6) is 0 Å². The Labute approximate surface area is 134 Å². The van der Waals surface area contributed by atoms with Gasteiger partial charge in [0.05, 0.1) is 12.4 Å². The second-order valence-electron chi connectivity index (χ2n) is 6.66. The van der Waals surface area contributed by atoms with Crippen LogP contribution in [0.3, 0.4) is 0 Å². The van der Waals surface area contributed by atoms with Gasteiger partial charge in [-0.25, -0.2) is 4.98 Å². The lowest BCUT2D eigenvalue weighted by Gasteiger charge is -2.32. The van der Waals surface area contributed by atoms with Gasteiger partial charge in [0.2, 0.25) is 0 Å². The van der Waals surface area contributed by atoms with Gasteiger partial charge in [0.15, 0.2) is 0 Å². The summed E-state index contributed by atoms with van der Waals surface area (Å²) < 4.78 is 28.9. The Hall–Kier alpha value is -2.18. The molecule has 23 heavy (non-hydrogen) atoms. The molecule has 0 aliphatic carbocycles. The topological polar surface area (TPSA) is 51.9 Å². The molecule has 2 aromatic heterocycles. The highest BCUT2D eigenvalue weighted by molar-refractivity contribution is 5.93. The zero-order valence-corrected chi connectivity index (χ0v) is 13.8. The van der Waals surface area contributed by atoms with Gasteiger partial charge in [0, 0.05) is 24.6 Å². The van der Waals surface area contributed by atoms with Crippen molar-refractivity contribution in [1.82, 2.24) is 19.4 Å². The zero-order valence-electron chi connectivity index (χ0n) is 13.8. The number of amides is 1. The number of rotatable bonds is 5. The average molecular weight is 324 g/mol. The summed E-state index contributed by atoms with van der Waals surface area (Å²) in [7, 11) is 0. The van der Waals surface area contributed by atoms with Crippen LogP contribution in [0.25, 0.3) is 0 Å². The molecule has 2 heterocycles. The van der Waals surface area contributed by atoms with Crippen LogP contribution in [-0.2, 0) is 6.54 Å². The lowest BCUT2D eigenvalue weighted by atomic mass is 9.86. The van der Waals surface area contributed by atoms with E-state index in [-0.39, 0.29) is 17.2 Å². The second-order valence-corrected chi connectivity index (χ2v) is 6.66. The molecule has 7 heteroatoms. The van der Waals surface area contributed by atoms with Crippen LogP contribution in [0.2, 0.25) is 0 Å². The van der Waals surface area contributed by atoms with Crippen LogP contribution in [0.4, 0.5) is 8.78 Å². The van der Waals surface area contributed by atoms with E-state index in [9.17, 15) is 13.6 Å². The van der Waals surface area contributed by atoms with Gasteiger partial charge in [-0.05, 0) is 24.5 Å². The number of nitrogens with zero attached hydrogens (tertiary/aromatic N) is 3. The zero-order chi connectivity index (χ0) is 17.2. The highest BCUT2D eigenvalue weighted by Crippen LogP contribution is 2.23. The summed E-state index contributed by atoms with van der Waals surface area (Å²) >= 11 is 0. The average Bonchev–Trinajstić information content (AvgIpc) is 3.05. The molecule has 0 fully saturated rings. The molecule has 1 N–H and O–H groups in total. The van der Waals surface area contributed by atoms with Gasteiger partial charge < -0.3 is 9.88 Å². The number of imidazole rings is 1. The Morgan fingerprint density at radius 3 is 2.57 bits per heavy atom. The van der Waals surface area contributed by atoms with Crippen molar-refractivity contribution in [3.8, 4) is 0 Å². The number of halogens is 2. The maximum Gasteiger partial charge on any atom is 0.319 e. The van der Waals surface area contributed by atoms with Gasteiger partial charge in [-0.3, -0.25) is 9.36 Å². The van der Waals surface area contributed by atoms with E-state index >= 15 is 0 Å². The maximum atomic E-state index is 13.1. The SMILES string of the molecule is Cc1ccc(C(=O)NC(Cn2ccnc2)C(C)(C)C)n1C(F)F. The van der Waals surface area contributed by atoms with Crippen molar-refractivity contribution in [2.45, 2.75) is 46.8 Å². The molecule has 0 aromatic carbocycles. The summed E-state index contributed by atoms with van der Waals surface area (Å²) in [6.45, 7) is 5.30. The van der Waals surface area contributed by atoms with Crippen molar-refractivity contribution in [2.24, 2.45) is 5.41 Å². The third-order valence-corrected chi connectivity index (χ3v) is 3.85. The van der Waals surface area contributed by atoms with Crippen molar-refractivity contribution in [3.05, 3.63) is 42.2 Å². The minimum absolute atomic E-state index is 0.0302. The molecule has 2 rings (SSSR count). The van der Waals surface area contributed by atoms with Gasteiger partial charge in [0.1, 0.15) is 5.69 Å². The van der Waals surface area contributed by atoms with Gasteiger partial charge in [-0.1, -0.05) is 20.8 Å². The van der Waals surface area contributed by atoms with Crippen LogP contribution in [0.1, 0.15) is 43.5 Å². The number of carbonyl (C=O) groups excluding carboxylic acids is 1. The van der Waals surface area contributed by atoms with Crippen molar-refractivity contribution >= 4 is 5.91 Å². The molecule has 1 amide bonds. The number of carbonyl (C=O) groups is 1. The number of nitrogens with one attached hydrogen (secondary N) is 1. The normalized spacial score (nSPS) is 13.3. The molecule has 0 bridgehead atoms. The molecule has 0 spiro atoms. The molecule has 126 valence electrons. The molecule has 2 aromatic rings. The molecular weight excluding hydrogens is 302 g/mol. The lowest BCUT2D eigenvalue weighted by Crippen LogP contribution is -2.46. The fraction of sp³-hybridized carbons (Fsp3) is 0.500. The number of aromatic nitrogens is 3. The van der Waals surface area contributed by atoms with Crippen LogP contribution < -0.4 is 5.32 Å².